The fourth-order valence-corrected chi connectivity index (χ4v) is 2.48. The van der Waals surface area contributed by atoms with Crippen LogP contribution >= 0.6 is 0 Å². The maximum Gasteiger partial charge on any atom is 0.234 e. The zero-order valence-corrected chi connectivity index (χ0v) is 13.8. The van der Waals surface area contributed by atoms with Crippen molar-refractivity contribution >= 4 is 11.8 Å². The van der Waals surface area contributed by atoms with E-state index in [1.54, 1.807) is 0 Å². The van der Waals surface area contributed by atoms with Gasteiger partial charge < -0.3 is 10.6 Å². The van der Waals surface area contributed by atoms with Crippen LogP contribution in [0.1, 0.15) is 34.1 Å². The van der Waals surface area contributed by atoms with Gasteiger partial charge in [0.1, 0.15) is 0 Å². The highest BCUT2D eigenvalue weighted by atomic mass is 16.2. The van der Waals surface area contributed by atoms with Gasteiger partial charge in [0.25, 0.3) is 0 Å². The van der Waals surface area contributed by atoms with Gasteiger partial charge in [-0.25, -0.2) is 0 Å². The van der Waals surface area contributed by atoms with Crippen LogP contribution in [-0.2, 0) is 9.59 Å². The second-order valence-electron chi connectivity index (χ2n) is 6.35. The number of carbonyl (C=O) groups is 2. The molecule has 1 saturated heterocycles. The van der Waals surface area contributed by atoms with Crippen LogP contribution < -0.4 is 10.6 Å². The Kier molecular flexibility index (Phi) is 7.67. The molecule has 6 nitrogen and oxygen atoms in total. The minimum Gasteiger partial charge on any atom is -0.353 e. The van der Waals surface area contributed by atoms with E-state index in [1.165, 1.54) is 0 Å². The zero-order valence-electron chi connectivity index (χ0n) is 13.8. The van der Waals surface area contributed by atoms with Crippen molar-refractivity contribution in [2.24, 2.45) is 0 Å². The molecule has 1 rings (SSSR count). The Hall–Kier alpha value is -1.14. The largest absolute Gasteiger partial charge is 0.353 e. The van der Waals surface area contributed by atoms with Gasteiger partial charge in [-0.3, -0.25) is 19.4 Å². The Morgan fingerprint density at radius 3 is 1.52 bits per heavy atom. The van der Waals surface area contributed by atoms with Crippen molar-refractivity contribution in [2.45, 2.75) is 46.2 Å². The molecule has 0 aromatic carbocycles. The van der Waals surface area contributed by atoms with E-state index in [0.29, 0.717) is 13.1 Å². The minimum absolute atomic E-state index is 0.0796. The number of rotatable bonds is 6. The molecule has 2 amide bonds. The molecule has 122 valence electrons. The van der Waals surface area contributed by atoms with Crippen LogP contribution in [0.5, 0.6) is 0 Å². The predicted octanol–water partition coefficient (Wildman–Crippen LogP) is 0.0433. The van der Waals surface area contributed by atoms with Gasteiger partial charge in [0.15, 0.2) is 0 Å². The molecular weight excluding hydrogens is 268 g/mol. The van der Waals surface area contributed by atoms with Crippen molar-refractivity contribution in [3.63, 3.8) is 0 Å². The first-order chi connectivity index (χ1) is 9.86. The van der Waals surface area contributed by atoms with E-state index < -0.39 is 0 Å². The lowest BCUT2D eigenvalue weighted by Gasteiger charge is -2.22. The molecule has 21 heavy (non-hydrogen) atoms. The first-order valence-electron chi connectivity index (χ1n) is 7.90. The van der Waals surface area contributed by atoms with Gasteiger partial charge in [0, 0.05) is 25.2 Å². The van der Waals surface area contributed by atoms with E-state index in [4.69, 9.17) is 0 Å². The van der Waals surface area contributed by atoms with Gasteiger partial charge in [0.2, 0.25) is 11.8 Å². The number of nitrogens with zero attached hydrogens (tertiary/aromatic N) is 2. The molecule has 1 heterocycles. The molecule has 1 aliphatic rings. The summed E-state index contributed by atoms with van der Waals surface area (Å²) in [5.74, 6) is 0.159. The van der Waals surface area contributed by atoms with Crippen LogP contribution in [0.15, 0.2) is 0 Å². The second-order valence-corrected chi connectivity index (χ2v) is 6.35. The first kappa shape index (κ1) is 17.9. The van der Waals surface area contributed by atoms with Crippen LogP contribution in [-0.4, -0.2) is 73.0 Å². The quantitative estimate of drug-likeness (QED) is 0.727. The zero-order chi connectivity index (χ0) is 15.8. The maximum absolute atomic E-state index is 11.8. The van der Waals surface area contributed by atoms with Crippen LogP contribution in [0.3, 0.4) is 0 Å². The van der Waals surface area contributed by atoms with Crippen LogP contribution in [0, 0.1) is 0 Å². The number of amides is 2. The van der Waals surface area contributed by atoms with Crippen molar-refractivity contribution in [3.05, 3.63) is 0 Å². The lowest BCUT2D eigenvalue weighted by molar-refractivity contribution is -0.124. The molecule has 0 spiro atoms. The maximum atomic E-state index is 11.8. The SMILES string of the molecule is CC(C)NC(=O)CN1CCCN(CC(=O)NC(C)C)CC1. The molecule has 0 aromatic heterocycles. The first-order valence-corrected chi connectivity index (χ1v) is 7.90. The Bertz CT molecular complexity index is 313. The van der Waals surface area contributed by atoms with Crippen molar-refractivity contribution in [1.82, 2.24) is 20.4 Å². The van der Waals surface area contributed by atoms with E-state index in [2.05, 4.69) is 20.4 Å². The van der Waals surface area contributed by atoms with Crippen LogP contribution in [0.25, 0.3) is 0 Å². The predicted molar refractivity (Wildman–Crippen MR) is 84.1 cm³/mol. The highest BCUT2D eigenvalue weighted by Gasteiger charge is 2.19. The second kappa shape index (κ2) is 9.00. The molecule has 6 heteroatoms. The number of hydrogen-bond acceptors (Lipinski definition) is 4. The average molecular weight is 298 g/mol. The Morgan fingerprint density at radius 1 is 0.810 bits per heavy atom. The molecule has 1 aliphatic heterocycles. The molecule has 1 fully saturated rings. The average Bonchev–Trinajstić information content (AvgIpc) is 2.52. The lowest BCUT2D eigenvalue weighted by atomic mass is 10.3. The van der Waals surface area contributed by atoms with Crippen LogP contribution in [0.4, 0.5) is 0 Å². The summed E-state index contributed by atoms with van der Waals surface area (Å²) < 4.78 is 0. The minimum atomic E-state index is 0.0796. The summed E-state index contributed by atoms with van der Waals surface area (Å²) in [7, 11) is 0. The van der Waals surface area contributed by atoms with Gasteiger partial charge in [-0.2, -0.15) is 0 Å². The summed E-state index contributed by atoms with van der Waals surface area (Å²) in [4.78, 5) is 27.9. The molecule has 0 saturated carbocycles. The van der Waals surface area contributed by atoms with Crippen molar-refractivity contribution < 1.29 is 9.59 Å². The fourth-order valence-electron chi connectivity index (χ4n) is 2.48. The Morgan fingerprint density at radius 2 is 1.19 bits per heavy atom. The van der Waals surface area contributed by atoms with E-state index in [0.717, 1.165) is 32.6 Å². The summed E-state index contributed by atoms with van der Waals surface area (Å²) in [6.07, 6.45) is 0.990. The van der Waals surface area contributed by atoms with Gasteiger partial charge >= 0.3 is 0 Å². The van der Waals surface area contributed by atoms with Crippen molar-refractivity contribution in [1.29, 1.82) is 0 Å². The molecule has 0 radical (unpaired) electrons. The Balaban J connectivity index is 2.33. The van der Waals surface area contributed by atoms with E-state index >= 15 is 0 Å². The summed E-state index contributed by atoms with van der Waals surface area (Å²) in [5, 5.41) is 5.83. The van der Waals surface area contributed by atoms with Crippen molar-refractivity contribution in [2.75, 3.05) is 39.3 Å². The highest BCUT2D eigenvalue weighted by molar-refractivity contribution is 5.78. The van der Waals surface area contributed by atoms with E-state index in [-0.39, 0.29) is 23.9 Å². The van der Waals surface area contributed by atoms with Gasteiger partial charge in [0.05, 0.1) is 13.1 Å². The standard InChI is InChI=1S/C15H30N4O2/c1-12(2)16-14(20)10-18-6-5-7-19(9-8-18)11-15(21)17-13(3)4/h12-13H,5-11H2,1-4H3,(H,16,20)(H,17,21). The smallest absolute Gasteiger partial charge is 0.234 e. The van der Waals surface area contributed by atoms with E-state index in [1.807, 2.05) is 27.7 Å². The third kappa shape index (κ3) is 8.02. The topological polar surface area (TPSA) is 64.7 Å². The molecule has 0 aromatic rings. The summed E-state index contributed by atoms with van der Waals surface area (Å²) in [6.45, 7) is 12.3. The number of carbonyl (C=O) groups excluding carboxylic acids is 2. The fraction of sp³-hybridized carbons (Fsp3) is 0.867. The van der Waals surface area contributed by atoms with Gasteiger partial charge in [-0.05, 0) is 47.2 Å². The monoisotopic (exact) mass is 298 g/mol. The lowest BCUT2D eigenvalue weighted by Crippen LogP contribution is -2.43. The molecular formula is C15H30N4O2. The molecule has 0 bridgehead atoms. The normalized spacial score (nSPS) is 17.8. The Labute approximate surface area is 128 Å². The third-order valence-corrected chi connectivity index (χ3v) is 3.31. The number of hydrogen-bond donors (Lipinski definition) is 2. The number of nitrogens with one attached hydrogen (secondary N) is 2. The summed E-state index contributed by atoms with van der Waals surface area (Å²) in [6, 6.07) is 0.362. The summed E-state index contributed by atoms with van der Waals surface area (Å²) >= 11 is 0. The molecule has 0 unspecified atom stereocenters. The highest BCUT2D eigenvalue weighted by Crippen LogP contribution is 2.03. The molecule has 0 aliphatic carbocycles. The van der Waals surface area contributed by atoms with E-state index in [9.17, 15) is 9.59 Å². The molecule has 2 N–H and O–H groups in total. The summed E-state index contributed by atoms with van der Waals surface area (Å²) in [5.41, 5.74) is 0. The van der Waals surface area contributed by atoms with Gasteiger partial charge in [-0.1, -0.05) is 0 Å². The van der Waals surface area contributed by atoms with Gasteiger partial charge in [-0.15, -0.1) is 0 Å². The molecule has 0 atom stereocenters. The van der Waals surface area contributed by atoms with Crippen molar-refractivity contribution in [3.8, 4) is 0 Å². The van der Waals surface area contributed by atoms with Crippen LogP contribution in [0.2, 0.25) is 0 Å². The third-order valence-electron chi connectivity index (χ3n) is 3.31.